The Morgan fingerprint density at radius 3 is 2.26 bits per heavy atom. The third kappa shape index (κ3) is 5.99. The molecule has 31 heavy (non-hydrogen) atoms. The standard InChI is InChI=1S/C25H28N2O4/c1-18-13-14-21(29-2)20(17-18)27-25(28)24(19-9-5-4-6-10-19)26-15-16-31-23-12-8-7-11-22(23)30-3/h4-14,17,24,26H,15-16H2,1-3H3,(H,27,28)/t24-/m0/s1. The zero-order chi connectivity index (χ0) is 22.1. The monoisotopic (exact) mass is 420 g/mol. The molecule has 162 valence electrons. The van der Waals surface area contributed by atoms with Crippen molar-refractivity contribution in [2.24, 2.45) is 0 Å². The minimum atomic E-state index is -0.548. The van der Waals surface area contributed by atoms with Crippen molar-refractivity contribution in [2.75, 3.05) is 32.7 Å². The van der Waals surface area contributed by atoms with Gasteiger partial charge in [-0.2, -0.15) is 0 Å². The molecule has 0 unspecified atom stereocenters. The Labute approximate surface area is 183 Å². The average Bonchev–Trinajstić information content (AvgIpc) is 2.80. The smallest absolute Gasteiger partial charge is 0.246 e. The van der Waals surface area contributed by atoms with E-state index in [1.165, 1.54) is 0 Å². The van der Waals surface area contributed by atoms with Gasteiger partial charge in [-0.15, -0.1) is 0 Å². The largest absolute Gasteiger partial charge is 0.495 e. The molecular weight excluding hydrogens is 392 g/mol. The van der Waals surface area contributed by atoms with Crippen molar-refractivity contribution in [3.05, 3.63) is 83.9 Å². The second kappa shape index (κ2) is 11.0. The maximum atomic E-state index is 13.2. The van der Waals surface area contributed by atoms with Gasteiger partial charge in [0.15, 0.2) is 11.5 Å². The lowest BCUT2D eigenvalue weighted by Crippen LogP contribution is -2.35. The molecule has 0 saturated heterocycles. The lowest BCUT2D eigenvalue weighted by Gasteiger charge is -2.20. The van der Waals surface area contributed by atoms with E-state index in [-0.39, 0.29) is 5.91 Å². The molecule has 0 saturated carbocycles. The first-order chi connectivity index (χ1) is 15.1. The number of hydrogen-bond donors (Lipinski definition) is 2. The Hall–Kier alpha value is -3.51. The summed E-state index contributed by atoms with van der Waals surface area (Å²) in [6.45, 7) is 2.82. The number of para-hydroxylation sites is 2. The lowest BCUT2D eigenvalue weighted by atomic mass is 10.1. The number of ether oxygens (including phenoxy) is 3. The molecule has 0 aliphatic rings. The summed E-state index contributed by atoms with van der Waals surface area (Å²) in [6.07, 6.45) is 0. The summed E-state index contributed by atoms with van der Waals surface area (Å²) in [5.41, 5.74) is 2.54. The van der Waals surface area contributed by atoms with Crippen molar-refractivity contribution in [1.29, 1.82) is 0 Å². The van der Waals surface area contributed by atoms with Crippen LogP contribution in [0.3, 0.4) is 0 Å². The topological polar surface area (TPSA) is 68.8 Å². The van der Waals surface area contributed by atoms with Crippen LogP contribution in [0.15, 0.2) is 72.8 Å². The average molecular weight is 421 g/mol. The van der Waals surface area contributed by atoms with Gasteiger partial charge in [-0.25, -0.2) is 0 Å². The fourth-order valence-electron chi connectivity index (χ4n) is 3.23. The summed E-state index contributed by atoms with van der Waals surface area (Å²) in [4.78, 5) is 13.2. The summed E-state index contributed by atoms with van der Waals surface area (Å²) >= 11 is 0. The van der Waals surface area contributed by atoms with Crippen molar-refractivity contribution in [2.45, 2.75) is 13.0 Å². The summed E-state index contributed by atoms with van der Waals surface area (Å²) in [5, 5.41) is 6.29. The van der Waals surface area contributed by atoms with E-state index in [0.717, 1.165) is 11.1 Å². The highest BCUT2D eigenvalue weighted by molar-refractivity contribution is 5.96. The zero-order valence-corrected chi connectivity index (χ0v) is 18.1. The number of nitrogens with one attached hydrogen (secondary N) is 2. The van der Waals surface area contributed by atoms with Crippen LogP contribution in [-0.4, -0.2) is 33.3 Å². The van der Waals surface area contributed by atoms with Gasteiger partial charge in [-0.3, -0.25) is 10.1 Å². The number of anilines is 1. The number of methoxy groups -OCH3 is 2. The van der Waals surface area contributed by atoms with Crippen molar-refractivity contribution in [3.63, 3.8) is 0 Å². The highest BCUT2D eigenvalue weighted by Crippen LogP contribution is 2.27. The molecule has 3 aromatic carbocycles. The minimum Gasteiger partial charge on any atom is -0.495 e. The normalized spacial score (nSPS) is 11.5. The van der Waals surface area contributed by atoms with Gasteiger partial charge in [0.05, 0.1) is 19.9 Å². The number of rotatable bonds is 10. The molecule has 1 amide bonds. The van der Waals surface area contributed by atoms with E-state index < -0.39 is 6.04 Å². The summed E-state index contributed by atoms with van der Waals surface area (Å²) in [7, 11) is 3.19. The molecule has 2 N–H and O–H groups in total. The number of aryl methyl sites for hydroxylation is 1. The third-order valence-electron chi connectivity index (χ3n) is 4.79. The SMILES string of the molecule is COc1ccc(C)cc1NC(=O)[C@@H](NCCOc1ccccc1OC)c1ccccc1. The number of hydrogen-bond acceptors (Lipinski definition) is 5. The first kappa shape index (κ1) is 22.2. The molecule has 1 atom stereocenters. The zero-order valence-electron chi connectivity index (χ0n) is 18.1. The van der Waals surface area contributed by atoms with Crippen molar-refractivity contribution >= 4 is 11.6 Å². The van der Waals surface area contributed by atoms with E-state index >= 15 is 0 Å². The fourth-order valence-corrected chi connectivity index (χ4v) is 3.23. The molecule has 0 heterocycles. The Kier molecular flexibility index (Phi) is 7.90. The molecule has 3 aromatic rings. The maximum absolute atomic E-state index is 13.2. The van der Waals surface area contributed by atoms with Crippen LogP contribution >= 0.6 is 0 Å². The highest BCUT2D eigenvalue weighted by atomic mass is 16.5. The molecule has 0 bridgehead atoms. The Bertz CT molecular complexity index is 992. The highest BCUT2D eigenvalue weighted by Gasteiger charge is 2.21. The second-order valence-electron chi connectivity index (χ2n) is 6.99. The van der Waals surface area contributed by atoms with E-state index in [1.807, 2.05) is 79.7 Å². The molecule has 6 heteroatoms. The Balaban J connectivity index is 1.69. The van der Waals surface area contributed by atoms with Crippen LogP contribution in [0.2, 0.25) is 0 Å². The summed E-state index contributed by atoms with van der Waals surface area (Å²) < 4.78 is 16.5. The summed E-state index contributed by atoms with van der Waals surface area (Å²) in [6, 6.07) is 22.2. The van der Waals surface area contributed by atoms with Crippen LogP contribution in [-0.2, 0) is 4.79 Å². The van der Waals surface area contributed by atoms with Crippen LogP contribution in [0.25, 0.3) is 0 Å². The molecular formula is C25H28N2O4. The molecule has 0 aromatic heterocycles. The lowest BCUT2D eigenvalue weighted by molar-refractivity contribution is -0.118. The van der Waals surface area contributed by atoms with Gasteiger partial charge in [0.1, 0.15) is 18.4 Å². The van der Waals surface area contributed by atoms with Crippen LogP contribution < -0.4 is 24.8 Å². The van der Waals surface area contributed by atoms with Crippen LogP contribution in [0.5, 0.6) is 17.2 Å². The minimum absolute atomic E-state index is 0.174. The quantitative estimate of drug-likeness (QED) is 0.477. The van der Waals surface area contributed by atoms with E-state index in [0.29, 0.717) is 36.1 Å². The molecule has 0 aliphatic carbocycles. The van der Waals surface area contributed by atoms with Gasteiger partial charge in [0.25, 0.3) is 0 Å². The Morgan fingerprint density at radius 2 is 1.55 bits per heavy atom. The van der Waals surface area contributed by atoms with Crippen LogP contribution in [0.4, 0.5) is 5.69 Å². The molecule has 0 fully saturated rings. The van der Waals surface area contributed by atoms with E-state index in [1.54, 1.807) is 14.2 Å². The van der Waals surface area contributed by atoms with Gasteiger partial charge in [-0.05, 0) is 42.3 Å². The molecule has 6 nitrogen and oxygen atoms in total. The van der Waals surface area contributed by atoms with E-state index in [4.69, 9.17) is 14.2 Å². The Morgan fingerprint density at radius 1 is 0.871 bits per heavy atom. The van der Waals surface area contributed by atoms with Crippen LogP contribution in [0.1, 0.15) is 17.2 Å². The van der Waals surface area contributed by atoms with Gasteiger partial charge in [0.2, 0.25) is 5.91 Å². The molecule has 0 radical (unpaired) electrons. The van der Waals surface area contributed by atoms with Crippen molar-refractivity contribution in [3.8, 4) is 17.2 Å². The van der Waals surface area contributed by atoms with Gasteiger partial charge in [0, 0.05) is 6.54 Å². The number of carbonyl (C=O) groups excluding carboxylic acids is 1. The number of carbonyl (C=O) groups is 1. The van der Waals surface area contributed by atoms with Gasteiger partial charge in [-0.1, -0.05) is 48.5 Å². The molecule has 0 spiro atoms. The van der Waals surface area contributed by atoms with Crippen molar-refractivity contribution < 1.29 is 19.0 Å². The predicted octanol–water partition coefficient (Wildman–Crippen LogP) is 4.36. The number of benzene rings is 3. The first-order valence-electron chi connectivity index (χ1n) is 10.1. The van der Waals surface area contributed by atoms with Gasteiger partial charge < -0.3 is 19.5 Å². The second-order valence-corrected chi connectivity index (χ2v) is 6.99. The number of amides is 1. The molecule has 3 rings (SSSR count). The van der Waals surface area contributed by atoms with E-state index in [9.17, 15) is 4.79 Å². The van der Waals surface area contributed by atoms with Crippen molar-refractivity contribution in [1.82, 2.24) is 5.32 Å². The maximum Gasteiger partial charge on any atom is 0.246 e. The molecule has 0 aliphatic heterocycles. The first-order valence-corrected chi connectivity index (χ1v) is 10.1. The third-order valence-corrected chi connectivity index (χ3v) is 4.79. The van der Waals surface area contributed by atoms with Crippen LogP contribution in [0, 0.1) is 6.92 Å². The van der Waals surface area contributed by atoms with E-state index in [2.05, 4.69) is 10.6 Å². The van der Waals surface area contributed by atoms with Gasteiger partial charge >= 0.3 is 0 Å². The predicted molar refractivity (Wildman–Crippen MR) is 122 cm³/mol. The summed E-state index contributed by atoms with van der Waals surface area (Å²) in [5.74, 6) is 1.78. The fraction of sp³-hybridized carbons (Fsp3) is 0.240.